The number of rotatable bonds is 6. The average Bonchev–Trinajstić information content (AvgIpc) is 2.91. The maximum Gasteiger partial charge on any atom is 0.289 e. The van der Waals surface area contributed by atoms with Crippen molar-refractivity contribution in [1.29, 1.82) is 0 Å². The molecule has 1 fully saturated rings. The molecule has 23 heavy (non-hydrogen) atoms. The molecule has 2 heterocycles. The molecule has 0 aliphatic carbocycles. The van der Waals surface area contributed by atoms with Gasteiger partial charge in [0.1, 0.15) is 0 Å². The summed E-state index contributed by atoms with van der Waals surface area (Å²) in [5.41, 5.74) is 0.0195. The third-order valence-corrected chi connectivity index (χ3v) is 5.57. The van der Waals surface area contributed by atoms with Gasteiger partial charge >= 0.3 is 0 Å². The second-order valence-corrected chi connectivity index (χ2v) is 7.89. The highest BCUT2D eigenvalue weighted by atomic mass is 32.2. The Bertz CT molecular complexity index is 647. The predicted molar refractivity (Wildman–Crippen MR) is 83.6 cm³/mol. The van der Waals surface area contributed by atoms with Crippen LogP contribution >= 0.6 is 0 Å². The molecule has 0 unspecified atom stereocenters. The quantitative estimate of drug-likeness (QED) is 0.807. The second kappa shape index (κ2) is 6.98. The Morgan fingerprint density at radius 3 is 2.61 bits per heavy atom. The summed E-state index contributed by atoms with van der Waals surface area (Å²) in [6, 6.07) is 0. The molecule has 130 valence electrons. The summed E-state index contributed by atoms with van der Waals surface area (Å²) in [4.78, 5) is 16.3. The Morgan fingerprint density at radius 2 is 2.13 bits per heavy atom. The summed E-state index contributed by atoms with van der Waals surface area (Å²) in [6.45, 7) is 2.93. The molecular weight excluding hydrogens is 322 g/mol. The Kier molecular flexibility index (Phi) is 5.43. The lowest BCUT2D eigenvalue weighted by Gasteiger charge is -2.41. The Hall–Kier alpha value is -1.45. The smallest absolute Gasteiger partial charge is 0.289 e. The fraction of sp³-hybridized carbons (Fsp3) is 0.714. The van der Waals surface area contributed by atoms with Crippen LogP contribution < -0.4 is 5.32 Å². The number of aromatic nitrogens is 1. The van der Waals surface area contributed by atoms with Gasteiger partial charge in [-0.1, -0.05) is 0 Å². The van der Waals surface area contributed by atoms with E-state index in [4.69, 9.17) is 9.15 Å². The molecule has 0 aromatic carbocycles. The molecule has 1 N–H and O–H groups in total. The lowest BCUT2D eigenvalue weighted by atomic mass is 9.85. The van der Waals surface area contributed by atoms with Crippen molar-refractivity contribution in [3.8, 4) is 0 Å². The van der Waals surface area contributed by atoms with E-state index in [0.717, 1.165) is 0 Å². The van der Waals surface area contributed by atoms with Crippen LogP contribution in [0.1, 0.15) is 35.5 Å². The Morgan fingerprint density at radius 1 is 1.48 bits per heavy atom. The third kappa shape index (κ3) is 4.30. The van der Waals surface area contributed by atoms with E-state index in [1.54, 1.807) is 14.0 Å². The Balaban J connectivity index is 2.11. The van der Waals surface area contributed by atoms with Crippen LogP contribution in [0.25, 0.3) is 0 Å². The van der Waals surface area contributed by atoms with Crippen LogP contribution in [-0.2, 0) is 14.8 Å². The summed E-state index contributed by atoms with van der Waals surface area (Å²) in [5, 5.41) is 3.01. The van der Waals surface area contributed by atoms with Crippen LogP contribution in [0.3, 0.4) is 0 Å². The van der Waals surface area contributed by atoms with E-state index in [9.17, 15) is 13.2 Å². The first-order chi connectivity index (χ1) is 10.8. The van der Waals surface area contributed by atoms with Crippen molar-refractivity contribution in [3.63, 3.8) is 0 Å². The van der Waals surface area contributed by atoms with Crippen LogP contribution in [0.15, 0.2) is 10.8 Å². The molecule has 0 spiro atoms. The summed E-state index contributed by atoms with van der Waals surface area (Å²) in [6.07, 6.45) is 4.11. The topological polar surface area (TPSA) is 102 Å². The number of ether oxygens (including phenoxy) is 1. The van der Waals surface area contributed by atoms with Crippen molar-refractivity contribution in [2.45, 2.75) is 31.7 Å². The number of aryl methyl sites for hydroxylation is 1. The van der Waals surface area contributed by atoms with Gasteiger partial charge in [-0.05, 0) is 26.2 Å². The van der Waals surface area contributed by atoms with Crippen LogP contribution in [0.2, 0.25) is 0 Å². The van der Waals surface area contributed by atoms with Gasteiger partial charge in [0.05, 0.1) is 11.9 Å². The van der Waals surface area contributed by atoms with E-state index in [2.05, 4.69) is 10.3 Å². The number of carbonyl (C=O) groups excluding carboxylic acids is 1. The van der Waals surface area contributed by atoms with E-state index in [1.165, 1.54) is 17.0 Å². The van der Waals surface area contributed by atoms with Crippen molar-refractivity contribution in [2.75, 3.05) is 33.1 Å². The number of oxazole rings is 1. The number of hydrogen-bond acceptors (Lipinski definition) is 6. The van der Waals surface area contributed by atoms with Gasteiger partial charge in [0.15, 0.2) is 6.39 Å². The largest absolute Gasteiger partial charge is 0.438 e. The van der Waals surface area contributed by atoms with Gasteiger partial charge < -0.3 is 14.5 Å². The SMILES string of the molecule is COCCC1(NC(=O)c2ocnc2C)CCN(S(C)(=O)=O)CC1. The molecule has 2 rings (SSSR count). The van der Waals surface area contributed by atoms with Crippen molar-refractivity contribution in [1.82, 2.24) is 14.6 Å². The van der Waals surface area contributed by atoms with Crippen LogP contribution in [0, 0.1) is 6.92 Å². The molecule has 0 saturated carbocycles. The van der Waals surface area contributed by atoms with Crippen molar-refractivity contribution >= 4 is 15.9 Å². The van der Waals surface area contributed by atoms with Gasteiger partial charge in [-0.15, -0.1) is 0 Å². The molecule has 1 aliphatic heterocycles. The van der Waals surface area contributed by atoms with E-state index in [-0.39, 0.29) is 11.7 Å². The summed E-state index contributed by atoms with van der Waals surface area (Å²) in [5.74, 6) is -0.142. The van der Waals surface area contributed by atoms with Crippen molar-refractivity contribution in [2.24, 2.45) is 0 Å². The third-order valence-electron chi connectivity index (χ3n) is 4.26. The van der Waals surface area contributed by atoms with Gasteiger partial charge in [0, 0.05) is 32.3 Å². The minimum Gasteiger partial charge on any atom is -0.438 e. The van der Waals surface area contributed by atoms with Crippen LogP contribution in [-0.4, -0.2) is 62.2 Å². The lowest BCUT2D eigenvalue weighted by Crippen LogP contribution is -2.56. The van der Waals surface area contributed by atoms with E-state index >= 15 is 0 Å². The molecule has 1 aliphatic rings. The zero-order valence-corrected chi connectivity index (χ0v) is 14.5. The molecule has 1 aromatic heterocycles. The molecule has 1 saturated heterocycles. The molecule has 0 radical (unpaired) electrons. The zero-order chi connectivity index (χ0) is 17.1. The highest BCUT2D eigenvalue weighted by Gasteiger charge is 2.38. The molecule has 8 nitrogen and oxygen atoms in total. The molecule has 0 atom stereocenters. The van der Waals surface area contributed by atoms with Gasteiger partial charge in [-0.3, -0.25) is 4.79 Å². The predicted octanol–water partition coefficient (Wildman–Crippen LogP) is 0.544. The molecular formula is C14H23N3O5S. The number of amides is 1. The maximum atomic E-state index is 12.4. The highest BCUT2D eigenvalue weighted by Crippen LogP contribution is 2.28. The number of sulfonamides is 1. The van der Waals surface area contributed by atoms with E-state index in [1.807, 2.05) is 0 Å². The fourth-order valence-corrected chi connectivity index (χ4v) is 3.64. The minimum absolute atomic E-state index is 0.187. The average molecular weight is 345 g/mol. The standard InChI is InChI=1S/C14H23N3O5S/c1-11-12(22-10-15-11)13(18)16-14(6-9-21-2)4-7-17(8-5-14)23(3,19)20/h10H,4-9H2,1-3H3,(H,16,18). The second-order valence-electron chi connectivity index (χ2n) is 5.91. The first-order valence-electron chi connectivity index (χ1n) is 7.44. The molecule has 9 heteroatoms. The van der Waals surface area contributed by atoms with Crippen LogP contribution in [0.5, 0.6) is 0 Å². The van der Waals surface area contributed by atoms with Gasteiger partial charge in [0.2, 0.25) is 15.8 Å². The lowest BCUT2D eigenvalue weighted by molar-refractivity contribution is 0.0757. The Labute approximate surface area is 136 Å². The maximum absolute atomic E-state index is 12.4. The summed E-state index contributed by atoms with van der Waals surface area (Å²) in [7, 11) is -1.62. The van der Waals surface area contributed by atoms with E-state index in [0.29, 0.717) is 44.7 Å². The number of piperidine rings is 1. The highest BCUT2D eigenvalue weighted by molar-refractivity contribution is 7.88. The first kappa shape index (κ1) is 17.9. The van der Waals surface area contributed by atoms with Gasteiger partial charge in [0.25, 0.3) is 5.91 Å². The van der Waals surface area contributed by atoms with Crippen molar-refractivity contribution in [3.05, 3.63) is 17.8 Å². The number of hydrogen-bond donors (Lipinski definition) is 1. The van der Waals surface area contributed by atoms with Crippen LogP contribution in [0.4, 0.5) is 0 Å². The number of nitrogens with zero attached hydrogens (tertiary/aromatic N) is 2. The number of carbonyl (C=O) groups is 1. The van der Waals surface area contributed by atoms with E-state index < -0.39 is 15.6 Å². The minimum atomic E-state index is -3.21. The first-order valence-corrected chi connectivity index (χ1v) is 9.29. The number of methoxy groups -OCH3 is 1. The summed E-state index contributed by atoms with van der Waals surface area (Å²) >= 11 is 0. The van der Waals surface area contributed by atoms with Gasteiger partial charge in [-0.25, -0.2) is 17.7 Å². The number of nitrogens with one attached hydrogen (secondary N) is 1. The zero-order valence-electron chi connectivity index (χ0n) is 13.7. The summed E-state index contributed by atoms with van der Waals surface area (Å²) < 4.78 is 35.0. The molecule has 0 bridgehead atoms. The van der Waals surface area contributed by atoms with Crippen molar-refractivity contribution < 1.29 is 22.4 Å². The molecule has 1 amide bonds. The fourth-order valence-electron chi connectivity index (χ4n) is 2.80. The monoisotopic (exact) mass is 345 g/mol. The normalized spacial score (nSPS) is 18.7. The van der Waals surface area contributed by atoms with Gasteiger partial charge in [-0.2, -0.15) is 0 Å². The molecule has 1 aromatic rings.